The lowest BCUT2D eigenvalue weighted by atomic mass is 9.98. The van der Waals surface area contributed by atoms with Crippen molar-refractivity contribution in [2.45, 2.75) is 38.3 Å². The third-order valence-corrected chi connectivity index (χ3v) is 7.34. The fourth-order valence-electron chi connectivity index (χ4n) is 5.18. The maximum atomic E-state index is 6.47. The molecule has 0 atom stereocenters. The number of benzene rings is 3. The van der Waals surface area contributed by atoms with Crippen molar-refractivity contribution >= 4 is 0 Å². The van der Waals surface area contributed by atoms with Crippen molar-refractivity contribution in [2.75, 3.05) is 47.6 Å². The number of likely N-dealkylation sites (tertiary alicyclic amines) is 1. The van der Waals surface area contributed by atoms with Gasteiger partial charge in [0.1, 0.15) is 5.75 Å². The minimum absolute atomic E-state index is 0.529. The van der Waals surface area contributed by atoms with Gasteiger partial charge in [0.2, 0.25) is 11.5 Å². The van der Waals surface area contributed by atoms with E-state index in [1.807, 2.05) is 30.3 Å². The van der Waals surface area contributed by atoms with Gasteiger partial charge in [0.05, 0.1) is 34.5 Å². The van der Waals surface area contributed by atoms with Gasteiger partial charge < -0.3 is 33.3 Å². The van der Waals surface area contributed by atoms with Crippen LogP contribution in [-0.2, 0) is 22.7 Å². The van der Waals surface area contributed by atoms with Gasteiger partial charge in [-0.3, -0.25) is 0 Å². The first-order valence-corrected chi connectivity index (χ1v) is 13.2. The molecular formula is C31H37NO6. The zero-order valence-corrected chi connectivity index (χ0v) is 22.5. The molecule has 1 fully saturated rings. The SMILES string of the molecule is COc1cc(-c2ccc3c(c2)COC2(CCN(CCCOCc4ccccc4)CC2)O3)cc(OC)c1OC. The number of hydrogen-bond acceptors (Lipinski definition) is 7. The normalized spacial score (nSPS) is 16.5. The van der Waals surface area contributed by atoms with Crippen LogP contribution in [0, 0.1) is 0 Å². The van der Waals surface area contributed by atoms with Crippen molar-refractivity contribution in [3.05, 3.63) is 71.8 Å². The van der Waals surface area contributed by atoms with E-state index < -0.39 is 5.79 Å². The van der Waals surface area contributed by atoms with E-state index in [-0.39, 0.29) is 0 Å². The first-order chi connectivity index (χ1) is 18.6. The summed E-state index contributed by atoms with van der Waals surface area (Å²) in [6.45, 7) is 4.91. The van der Waals surface area contributed by atoms with Crippen LogP contribution in [0.15, 0.2) is 60.7 Å². The Balaban J connectivity index is 1.15. The topological polar surface area (TPSA) is 58.6 Å². The summed E-state index contributed by atoms with van der Waals surface area (Å²) < 4.78 is 35.2. The third-order valence-electron chi connectivity index (χ3n) is 7.34. The van der Waals surface area contributed by atoms with Gasteiger partial charge >= 0.3 is 0 Å². The molecule has 0 aliphatic carbocycles. The van der Waals surface area contributed by atoms with E-state index in [1.165, 1.54) is 5.56 Å². The van der Waals surface area contributed by atoms with Crippen LogP contribution in [0.3, 0.4) is 0 Å². The van der Waals surface area contributed by atoms with E-state index in [1.54, 1.807) is 21.3 Å². The third kappa shape index (κ3) is 5.90. The Morgan fingerprint density at radius 3 is 2.26 bits per heavy atom. The molecule has 0 unspecified atom stereocenters. The molecule has 5 rings (SSSR count). The van der Waals surface area contributed by atoms with Crippen molar-refractivity contribution in [2.24, 2.45) is 0 Å². The Morgan fingerprint density at radius 2 is 1.58 bits per heavy atom. The van der Waals surface area contributed by atoms with Gasteiger partial charge in [0.25, 0.3) is 0 Å². The molecule has 0 amide bonds. The Bertz CT molecular complexity index is 1180. The van der Waals surface area contributed by atoms with E-state index in [9.17, 15) is 0 Å². The molecule has 38 heavy (non-hydrogen) atoms. The van der Waals surface area contributed by atoms with Crippen molar-refractivity contribution in [1.82, 2.24) is 4.90 Å². The number of ether oxygens (including phenoxy) is 6. The van der Waals surface area contributed by atoms with Crippen molar-refractivity contribution < 1.29 is 28.4 Å². The second kappa shape index (κ2) is 12.1. The Labute approximate surface area is 225 Å². The molecule has 0 bridgehead atoms. The summed E-state index contributed by atoms with van der Waals surface area (Å²) in [6.07, 6.45) is 2.73. The van der Waals surface area contributed by atoms with Crippen molar-refractivity contribution in [3.8, 4) is 34.1 Å². The molecule has 1 saturated heterocycles. The molecule has 2 aliphatic heterocycles. The zero-order chi connectivity index (χ0) is 26.4. The summed E-state index contributed by atoms with van der Waals surface area (Å²) in [7, 11) is 4.86. The molecule has 3 aromatic carbocycles. The fraction of sp³-hybridized carbons (Fsp3) is 0.419. The van der Waals surface area contributed by atoms with E-state index in [0.29, 0.717) is 30.5 Å². The largest absolute Gasteiger partial charge is 0.493 e. The second-order valence-electron chi connectivity index (χ2n) is 9.77. The molecule has 2 heterocycles. The number of nitrogens with zero attached hydrogens (tertiary/aromatic N) is 1. The van der Waals surface area contributed by atoms with Crippen LogP contribution in [-0.4, -0.2) is 58.3 Å². The van der Waals surface area contributed by atoms with Crippen LogP contribution in [0.2, 0.25) is 0 Å². The predicted octanol–water partition coefficient (Wildman–Crippen LogP) is 5.69. The molecule has 3 aromatic rings. The second-order valence-corrected chi connectivity index (χ2v) is 9.77. The molecule has 202 valence electrons. The van der Waals surface area contributed by atoms with Gasteiger partial charge in [-0.25, -0.2) is 0 Å². The van der Waals surface area contributed by atoms with E-state index >= 15 is 0 Å². The molecule has 0 aromatic heterocycles. The number of piperidine rings is 1. The van der Waals surface area contributed by atoms with E-state index in [4.69, 9.17) is 28.4 Å². The van der Waals surface area contributed by atoms with Gasteiger partial charge in [0.15, 0.2) is 11.5 Å². The summed E-state index contributed by atoms with van der Waals surface area (Å²) in [6, 6.07) is 20.5. The Hall–Kier alpha value is -3.26. The minimum Gasteiger partial charge on any atom is -0.493 e. The van der Waals surface area contributed by atoms with Crippen molar-refractivity contribution in [3.63, 3.8) is 0 Å². The summed E-state index contributed by atoms with van der Waals surface area (Å²) >= 11 is 0. The molecule has 1 spiro atoms. The average Bonchev–Trinajstić information content (AvgIpc) is 2.97. The lowest BCUT2D eigenvalue weighted by Gasteiger charge is -2.44. The van der Waals surface area contributed by atoms with Crippen LogP contribution >= 0.6 is 0 Å². The molecule has 0 N–H and O–H groups in total. The Morgan fingerprint density at radius 1 is 0.842 bits per heavy atom. The first-order valence-electron chi connectivity index (χ1n) is 13.2. The smallest absolute Gasteiger partial charge is 0.213 e. The number of methoxy groups -OCH3 is 3. The molecule has 7 heteroatoms. The highest BCUT2D eigenvalue weighted by molar-refractivity contribution is 5.72. The Kier molecular flexibility index (Phi) is 8.37. The maximum Gasteiger partial charge on any atom is 0.213 e. The standard InChI is InChI=1S/C31H37NO6/c1-33-28-19-25(20-29(34-2)30(28)35-3)24-10-11-27-26(18-24)22-37-31(38-27)12-15-32(16-13-31)14-7-17-36-21-23-8-5-4-6-9-23/h4-6,8-11,18-20H,7,12-17,21-22H2,1-3H3. The maximum absolute atomic E-state index is 6.47. The van der Waals surface area contributed by atoms with Crippen LogP contribution in [0.4, 0.5) is 0 Å². The van der Waals surface area contributed by atoms with Gasteiger partial charge in [-0.15, -0.1) is 0 Å². The lowest BCUT2D eigenvalue weighted by Crippen LogP contribution is -2.51. The van der Waals surface area contributed by atoms with E-state index in [2.05, 4.69) is 35.2 Å². The highest BCUT2D eigenvalue weighted by atomic mass is 16.7. The fourth-order valence-corrected chi connectivity index (χ4v) is 5.18. The molecule has 7 nitrogen and oxygen atoms in total. The quantitative estimate of drug-likeness (QED) is 0.319. The van der Waals surface area contributed by atoms with Gasteiger partial charge in [-0.1, -0.05) is 36.4 Å². The van der Waals surface area contributed by atoms with E-state index in [0.717, 1.165) is 67.9 Å². The molecule has 2 aliphatic rings. The zero-order valence-electron chi connectivity index (χ0n) is 22.5. The van der Waals surface area contributed by atoms with Gasteiger partial charge in [-0.05, 0) is 47.4 Å². The van der Waals surface area contributed by atoms with Crippen LogP contribution in [0.5, 0.6) is 23.0 Å². The number of fused-ring (bicyclic) bond motifs is 1. The summed E-state index contributed by atoms with van der Waals surface area (Å²) in [5.41, 5.74) is 4.27. The monoisotopic (exact) mass is 519 g/mol. The highest BCUT2D eigenvalue weighted by Crippen LogP contribution is 2.43. The summed E-state index contributed by atoms with van der Waals surface area (Å²) in [5, 5.41) is 0. The molecule has 0 radical (unpaired) electrons. The number of hydrogen-bond donors (Lipinski definition) is 0. The minimum atomic E-state index is -0.540. The molecular weight excluding hydrogens is 482 g/mol. The highest BCUT2D eigenvalue weighted by Gasteiger charge is 2.40. The number of rotatable bonds is 10. The van der Waals surface area contributed by atoms with Gasteiger partial charge in [0, 0.05) is 44.6 Å². The van der Waals surface area contributed by atoms with Gasteiger partial charge in [-0.2, -0.15) is 0 Å². The first kappa shape index (κ1) is 26.4. The summed E-state index contributed by atoms with van der Waals surface area (Å²) in [5.74, 6) is 2.19. The lowest BCUT2D eigenvalue weighted by molar-refractivity contribution is -0.228. The molecule has 0 saturated carbocycles. The van der Waals surface area contributed by atoms with Crippen LogP contribution in [0.25, 0.3) is 11.1 Å². The van der Waals surface area contributed by atoms with Crippen LogP contribution in [0.1, 0.15) is 30.4 Å². The summed E-state index contributed by atoms with van der Waals surface area (Å²) in [4.78, 5) is 2.48. The average molecular weight is 520 g/mol. The van der Waals surface area contributed by atoms with Crippen LogP contribution < -0.4 is 18.9 Å². The predicted molar refractivity (Wildman–Crippen MR) is 146 cm³/mol. The van der Waals surface area contributed by atoms with Crippen molar-refractivity contribution in [1.29, 1.82) is 0 Å².